The maximum absolute atomic E-state index is 15.0. The number of nitrogens with zero attached hydrogens (tertiary/aromatic N) is 2. The topological polar surface area (TPSA) is 42.1 Å². The molecule has 0 radical (unpaired) electrons. The van der Waals surface area contributed by atoms with Gasteiger partial charge in [-0.05, 0) is 123 Å². The molecule has 4 nitrogen and oxygen atoms in total. The predicted octanol–water partition coefficient (Wildman–Crippen LogP) is 15.5. The molecule has 330 valence electrons. The summed E-state index contributed by atoms with van der Waals surface area (Å²) in [5.41, 5.74) is 6.41. The van der Waals surface area contributed by atoms with Crippen molar-refractivity contribution in [3.63, 3.8) is 0 Å². The van der Waals surface area contributed by atoms with Gasteiger partial charge in [0, 0.05) is 65.7 Å². The summed E-state index contributed by atoms with van der Waals surface area (Å²) in [6.45, 7) is 9.11. The van der Waals surface area contributed by atoms with Crippen molar-refractivity contribution in [1.82, 2.24) is 4.57 Å². The number of aromatic nitrogens is 1. The van der Waals surface area contributed by atoms with Gasteiger partial charge in [0.15, 0.2) is 6.04 Å². The minimum absolute atomic E-state index is 0.246. The number of benzene rings is 7. The molecule has 0 amide bonds. The maximum atomic E-state index is 15.0. The van der Waals surface area contributed by atoms with Crippen LogP contribution < -0.4 is 5.35 Å². The van der Waals surface area contributed by atoms with Crippen LogP contribution in [0.3, 0.4) is 0 Å². The molecule has 0 bridgehead atoms. The minimum Gasteiger partial charge on any atom is -0.338 e. The third-order valence-corrected chi connectivity index (χ3v) is 17.4. The van der Waals surface area contributed by atoms with E-state index in [1.165, 1.54) is 63.3 Å². The van der Waals surface area contributed by atoms with Gasteiger partial charge in [-0.3, -0.25) is 0 Å². The predicted molar refractivity (Wildman–Crippen MR) is 279 cm³/mol. The van der Waals surface area contributed by atoms with Crippen molar-refractivity contribution in [2.24, 2.45) is 0 Å². The van der Waals surface area contributed by atoms with E-state index in [2.05, 4.69) is 182 Å². The quantitative estimate of drug-likeness (QED) is 0.0961. The first kappa shape index (κ1) is 44.0. The Morgan fingerprint density at radius 1 is 0.621 bits per heavy atom. The Kier molecular flexibility index (Phi) is 12.5. The lowest BCUT2D eigenvalue weighted by Crippen LogP contribution is -2.22. The van der Waals surface area contributed by atoms with E-state index >= 15 is 8.42 Å². The fourth-order valence-electron chi connectivity index (χ4n) is 10.3. The number of hydrogen-bond acceptors (Lipinski definition) is 4. The molecule has 7 aromatic carbocycles. The molecule has 1 aromatic heterocycles. The molecule has 2 aliphatic rings. The van der Waals surface area contributed by atoms with E-state index in [1.54, 1.807) is 35.7 Å². The van der Waals surface area contributed by atoms with Crippen molar-refractivity contribution in [2.75, 3.05) is 0 Å². The fourth-order valence-corrected chi connectivity index (χ4v) is 14.0. The second-order valence-electron chi connectivity index (χ2n) is 17.6. The Hall–Kier alpha value is -5.86. The Balaban J connectivity index is 1.13. The summed E-state index contributed by atoms with van der Waals surface area (Å²) in [5, 5.41) is 7.28. The van der Waals surface area contributed by atoms with Crippen molar-refractivity contribution >= 4 is 83.3 Å². The van der Waals surface area contributed by atoms with Gasteiger partial charge < -0.3 is 4.57 Å². The van der Waals surface area contributed by atoms with Crippen LogP contribution in [0.4, 0.5) is 5.69 Å². The summed E-state index contributed by atoms with van der Waals surface area (Å²) < 4.78 is 35.0. The van der Waals surface area contributed by atoms with Gasteiger partial charge in [-0.2, -0.15) is 4.58 Å². The van der Waals surface area contributed by atoms with Crippen LogP contribution in [0.1, 0.15) is 77.8 Å². The first-order valence-corrected chi connectivity index (χ1v) is 26.5. The lowest BCUT2D eigenvalue weighted by atomic mass is 10.0. The molecule has 1 aliphatic carbocycles. The summed E-state index contributed by atoms with van der Waals surface area (Å²) in [6.07, 6.45) is 14.1. The van der Waals surface area contributed by atoms with Gasteiger partial charge >= 0.3 is 0 Å². The Bertz CT molecular complexity index is 3420. The zero-order chi connectivity index (χ0) is 45.4. The number of allylic oxidation sites excluding steroid dienone is 5. The SMILES string of the molecule is CCCC(C)n1/c(=C/C=C2\CCC(/C=C/C3=[N+](C(C)CCC)c4ccc(Sc5ccccc5)c5cccc3c45)=C2S(=O)(=O)c2ccccc2)c2cccc3c(Sc4ccccc4)ccc1c32. The summed E-state index contributed by atoms with van der Waals surface area (Å²) in [5.74, 6) is 0. The molecule has 8 aromatic rings. The zero-order valence-corrected chi connectivity index (χ0v) is 40.5. The van der Waals surface area contributed by atoms with Gasteiger partial charge in [0.2, 0.25) is 21.2 Å². The maximum Gasteiger partial charge on any atom is 0.214 e. The van der Waals surface area contributed by atoms with E-state index in [-0.39, 0.29) is 12.1 Å². The van der Waals surface area contributed by atoms with E-state index in [4.69, 9.17) is 0 Å². The third kappa shape index (κ3) is 8.09. The molecule has 10 rings (SSSR count). The highest BCUT2D eigenvalue weighted by Gasteiger charge is 2.36. The molecule has 7 heteroatoms. The van der Waals surface area contributed by atoms with Crippen LogP contribution in [0, 0.1) is 0 Å². The van der Waals surface area contributed by atoms with Gasteiger partial charge in [0.1, 0.15) is 0 Å². The minimum atomic E-state index is -3.88. The Morgan fingerprint density at radius 2 is 1.23 bits per heavy atom. The molecule has 0 saturated carbocycles. The fraction of sp³-hybridized carbons (Fsp3) is 0.203. The largest absolute Gasteiger partial charge is 0.338 e. The normalized spacial score (nSPS) is 16.1. The number of rotatable bonds is 15. The van der Waals surface area contributed by atoms with Crippen LogP contribution in [-0.2, 0) is 9.84 Å². The van der Waals surface area contributed by atoms with Crippen LogP contribution in [-0.4, -0.2) is 29.3 Å². The van der Waals surface area contributed by atoms with E-state index in [0.29, 0.717) is 22.6 Å². The van der Waals surface area contributed by atoms with Crippen molar-refractivity contribution in [3.05, 3.63) is 197 Å². The highest BCUT2D eigenvalue weighted by molar-refractivity contribution is 7.99. The van der Waals surface area contributed by atoms with Crippen LogP contribution in [0.5, 0.6) is 0 Å². The van der Waals surface area contributed by atoms with Crippen molar-refractivity contribution in [1.29, 1.82) is 0 Å². The summed E-state index contributed by atoms with van der Waals surface area (Å²) in [6, 6.07) is 53.0. The van der Waals surface area contributed by atoms with E-state index in [9.17, 15) is 0 Å². The second kappa shape index (κ2) is 18.8. The molecular formula is C59H55N2O2S3+. The highest BCUT2D eigenvalue weighted by atomic mass is 32.2. The molecular weight excluding hydrogens is 865 g/mol. The Morgan fingerprint density at radius 3 is 1.89 bits per heavy atom. The van der Waals surface area contributed by atoms with Crippen molar-refractivity contribution in [3.8, 4) is 0 Å². The van der Waals surface area contributed by atoms with Crippen LogP contribution in [0.15, 0.2) is 210 Å². The molecule has 0 fully saturated rings. The smallest absolute Gasteiger partial charge is 0.214 e. The van der Waals surface area contributed by atoms with E-state index < -0.39 is 9.84 Å². The summed E-state index contributed by atoms with van der Waals surface area (Å²) >= 11 is 3.59. The molecule has 0 spiro atoms. The molecule has 2 atom stereocenters. The number of hydrogen-bond donors (Lipinski definition) is 0. The van der Waals surface area contributed by atoms with Crippen LogP contribution in [0.2, 0.25) is 0 Å². The molecule has 0 N–H and O–H groups in total. The van der Waals surface area contributed by atoms with Gasteiger partial charge in [-0.25, -0.2) is 8.42 Å². The van der Waals surface area contributed by atoms with Crippen LogP contribution >= 0.6 is 23.5 Å². The lowest BCUT2D eigenvalue weighted by molar-refractivity contribution is -0.476. The van der Waals surface area contributed by atoms with Gasteiger partial charge in [0.25, 0.3) is 0 Å². The van der Waals surface area contributed by atoms with Gasteiger partial charge in [-0.1, -0.05) is 141 Å². The average Bonchev–Trinajstić information content (AvgIpc) is 4.01. The molecule has 1 aliphatic heterocycles. The summed E-state index contributed by atoms with van der Waals surface area (Å²) in [7, 11) is -3.88. The Labute approximate surface area is 398 Å². The van der Waals surface area contributed by atoms with Crippen LogP contribution in [0.25, 0.3) is 38.5 Å². The molecule has 66 heavy (non-hydrogen) atoms. The molecule has 2 unspecified atom stereocenters. The monoisotopic (exact) mass is 919 g/mol. The number of sulfone groups is 1. The molecule has 2 heterocycles. The first-order valence-electron chi connectivity index (χ1n) is 23.4. The second-order valence-corrected chi connectivity index (χ2v) is 21.7. The molecule has 0 saturated heterocycles. The first-order chi connectivity index (χ1) is 32.3. The third-order valence-electron chi connectivity index (χ3n) is 13.2. The zero-order valence-electron chi connectivity index (χ0n) is 38.1. The van der Waals surface area contributed by atoms with Crippen molar-refractivity contribution < 1.29 is 13.0 Å². The van der Waals surface area contributed by atoms with Gasteiger partial charge in [0.05, 0.1) is 26.3 Å². The standard InChI is InChI=1S/C59H55N2O2S3/c1-5-18-40(3)60-51(47-26-16-28-49-55(38-36-53(60)57(47)49)64-44-20-10-7-11-21-44)34-32-42-30-31-43(59(42)66(62,63)46-24-14-9-15-25-46)33-35-52-48-27-17-29-50-56(65-45-22-12-8-13-23-45)39-37-54(58(48)50)61(52)41(4)19-6-2/h7-17,20-29,32-41H,5-6,18-19,30-31H2,1-4H3/q+1. The average molecular weight is 920 g/mol. The van der Waals surface area contributed by atoms with E-state index in [0.717, 1.165) is 47.9 Å². The van der Waals surface area contributed by atoms with Gasteiger partial charge in [-0.15, -0.1) is 0 Å². The highest BCUT2D eigenvalue weighted by Crippen LogP contribution is 2.45. The summed E-state index contributed by atoms with van der Waals surface area (Å²) in [4.78, 5) is 5.61. The van der Waals surface area contributed by atoms with Crippen molar-refractivity contribution in [2.45, 2.75) is 103 Å². The van der Waals surface area contributed by atoms with E-state index in [1.807, 2.05) is 18.2 Å². The lowest BCUT2D eigenvalue weighted by Gasteiger charge is -2.16.